The van der Waals surface area contributed by atoms with Crippen LogP contribution in [0.3, 0.4) is 0 Å². The van der Waals surface area contributed by atoms with E-state index in [9.17, 15) is 0 Å². The summed E-state index contributed by atoms with van der Waals surface area (Å²) in [5.74, 6) is 0.808. The van der Waals surface area contributed by atoms with Gasteiger partial charge in [0, 0.05) is 49.3 Å². The molecule has 0 fully saturated rings. The Morgan fingerprint density at radius 2 is 0.966 bits per heavy atom. The maximum Gasteiger partial charge on any atom is 0.161 e. The lowest BCUT2D eigenvalue weighted by Gasteiger charge is -2.13. The molecule has 4 heterocycles. The van der Waals surface area contributed by atoms with E-state index >= 15 is 0 Å². The molecule has 0 aliphatic heterocycles. The van der Waals surface area contributed by atoms with Gasteiger partial charge in [-0.05, 0) is 71.1 Å². The fourth-order valence-electron chi connectivity index (χ4n) is 8.77. The van der Waals surface area contributed by atoms with Crippen LogP contribution in [0.1, 0.15) is 0 Å². The van der Waals surface area contributed by atoms with E-state index in [0.717, 1.165) is 88.9 Å². The zero-order valence-corrected chi connectivity index (χ0v) is 31.3. The predicted octanol–water partition coefficient (Wildman–Crippen LogP) is 13.3. The molecule has 0 atom stereocenters. The maximum atomic E-state index is 5.38. The fraction of sp³-hybridized carbons (Fsp3) is 0. The van der Waals surface area contributed by atoms with Crippen molar-refractivity contribution in [3.63, 3.8) is 0 Å². The number of nitrogens with zero attached hydrogens (tertiary/aromatic N) is 5. The first kappa shape index (κ1) is 32.4. The molecule has 0 aliphatic carbocycles. The molecular weight excluding hydrogens is 707 g/mol. The Bertz CT molecular complexity index is 3550. The van der Waals surface area contributed by atoms with Crippen LogP contribution < -0.4 is 0 Å². The Labute approximate surface area is 333 Å². The number of hydrogen-bond acceptors (Lipinski definition) is 3. The topological polar surface area (TPSA) is 48.0 Å². The van der Waals surface area contributed by atoms with Crippen molar-refractivity contribution in [3.05, 3.63) is 200 Å². The van der Waals surface area contributed by atoms with E-state index in [0.29, 0.717) is 0 Å². The van der Waals surface area contributed by atoms with Gasteiger partial charge in [-0.3, -0.25) is 0 Å². The van der Waals surface area contributed by atoms with Crippen LogP contribution in [-0.4, -0.2) is 24.1 Å². The van der Waals surface area contributed by atoms with Crippen molar-refractivity contribution in [3.8, 4) is 50.7 Å². The monoisotopic (exact) mass is 739 g/mol. The van der Waals surface area contributed by atoms with Crippen LogP contribution in [0.15, 0.2) is 200 Å². The van der Waals surface area contributed by atoms with Gasteiger partial charge in [0.2, 0.25) is 0 Å². The van der Waals surface area contributed by atoms with Crippen molar-refractivity contribution < 1.29 is 0 Å². The van der Waals surface area contributed by atoms with Crippen LogP contribution in [0.2, 0.25) is 0 Å². The number of hydrogen-bond donors (Lipinski definition) is 0. The second kappa shape index (κ2) is 12.8. The lowest BCUT2D eigenvalue weighted by atomic mass is 9.95. The highest BCUT2D eigenvalue weighted by atomic mass is 15.3. The molecule has 0 spiro atoms. The summed E-state index contributed by atoms with van der Waals surface area (Å²) in [6, 6.07) is 70.8. The van der Waals surface area contributed by atoms with Crippen LogP contribution in [-0.2, 0) is 0 Å². The minimum atomic E-state index is 0.808. The Morgan fingerprint density at radius 1 is 0.328 bits per heavy atom. The van der Waals surface area contributed by atoms with Crippen LogP contribution in [0.5, 0.6) is 0 Å². The summed E-state index contributed by atoms with van der Waals surface area (Å²) < 4.78 is 4.37. The largest absolute Gasteiger partial charge is 0.309 e. The van der Waals surface area contributed by atoms with Gasteiger partial charge in [-0.2, -0.15) is 5.10 Å². The first-order chi connectivity index (χ1) is 28.7. The standard InChI is InChI=1S/C53H33N5/c1-3-14-35(15-4-1)48-33-51-42-22-8-11-24-47(42)55-53(58(51)56-48)36-28-26-34(27-29-36)37-16-13-17-38(30-37)52-45-32-50-44(31-43(45)40-20-7-10-23-46(40)54-52)41-21-9-12-25-49(41)57(50)39-18-5-2-6-19-39/h1-33H. The highest BCUT2D eigenvalue weighted by molar-refractivity contribution is 6.20. The van der Waals surface area contributed by atoms with Gasteiger partial charge >= 0.3 is 0 Å². The fourth-order valence-corrected chi connectivity index (χ4v) is 8.77. The number of fused-ring (bicyclic) bond motifs is 9. The van der Waals surface area contributed by atoms with Crippen molar-refractivity contribution >= 4 is 59.9 Å². The molecule has 58 heavy (non-hydrogen) atoms. The minimum Gasteiger partial charge on any atom is -0.309 e. The van der Waals surface area contributed by atoms with Crippen LogP contribution in [0.4, 0.5) is 0 Å². The zero-order valence-electron chi connectivity index (χ0n) is 31.3. The van der Waals surface area contributed by atoms with Crippen LogP contribution in [0.25, 0.3) is 111 Å². The van der Waals surface area contributed by atoms with Crippen molar-refractivity contribution in [2.45, 2.75) is 0 Å². The van der Waals surface area contributed by atoms with Gasteiger partial charge in [0.05, 0.1) is 39.0 Å². The highest BCUT2D eigenvalue weighted by Gasteiger charge is 2.19. The average molecular weight is 740 g/mol. The molecule has 0 saturated heterocycles. The van der Waals surface area contributed by atoms with E-state index < -0.39 is 0 Å². The Kier molecular flexibility index (Phi) is 7.16. The van der Waals surface area contributed by atoms with Crippen molar-refractivity contribution in [2.24, 2.45) is 0 Å². The third kappa shape index (κ3) is 5.07. The van der Waals surface area contributed by atoms with Crippen molar-refractivity contribution in [2.75, 3.05) is 0 Å². The van der Waals surface area contributed by atoms with Gasteiger partial charge in [-0.15, -0.1) is 0 Å². The van der Waals surface area contributed by atoms with E-state index in [1.54, 1.807) is 0 Å². The van der Waals surface area contributed by atoms with Crippen molar-refractivity contribution in [1.82, 2.24) is 24.1 Å². The first-order valence-corrected chi connectivity index (χ1v) is 19.6. The summed E-state index contributed by atoms with van der Waals surface area (Å²) in [6.45, 7) is 0. The quantitative estimate of drug-likeness (QED) is 0.165. The minimum absolute atomic E-state index is 0.808. The number of pyridine rings is 1. The molecule has 0 amide bonds. The molecule has 5 heteroatoms. The van der Waals surface area contributed by atoms with E-state index in [1.807, 2.05) is 28.8 Å². The maximum absolute atomic E-state index is 5.38. The van der Waals surface area contributed by atoms with E-state index in [1.165, 1.54) is 21.7 Å². The van der Waals surface area contributed by atoms with Crippen molar-refractivity contribution in [1.29, 1.82) is 0 Å². The Balaban J connectivity index is 1.00. The van der Waals surface area contributed by atoms with Crippen LogP contribution in [0, 0.1) is 0 Å². The van der Waals surface area contributed by atoms with Gasteiger partial charge in [0.15, 0.2) is 5.82 Å². The summed E-state index contributed by atoms with van der Waals surface area (Å²) in [5.41, 5.74) is 13.7. The summed E-state index contributed by atoms with van der Waals surface area (Å²) in [7, 11) is 0. The molecule has 0 aliphatic rings. The smallest absolute Gasteiger partial charge is 0.161 e. The molecule has 270 valence electrons. The molecule has 4 aromatic heterocycles. The van der Waals surface area contributed by atoms with Gasteiger partial charge in [0.1, 0.15) is 0 Å². The second-order valence-corrected chi connectivity index (χ2v) is 14.9. The Hall–Kier alpha value is -7.89. The van der Waals surface area contributed by atoms with E-state index in [-0.39, 0.29) is 0 Å². The number of aromatic nitrogens is 5. The Morgan fingerprint density at radius 3 is 1.78 bits per heavy atom. The van der Waals surface area contributed by atoms with Gasteiger partial charge in [0.25, 0.3) is 0 Å². The molecule has 8 aromatic carbocycles. The predicted molar refractivity (Wildman–Crippen MR) is 239 cm³/mol. The molecule has 0 radical (unpaired) electrons. The number of para-hydroxylation sites is 4. The van der Waals surface area contributed by atoms with Gasteiger partial charge < -0.3 is 4.57 Å². The molecule has 0 unspecified atom stereocenters. The third-order valence-electron chi connectivity index (χ3n) is 11.5. The lowest BCUT2D eigenvalue weighted by Crippen LogP contribution is -1.99. The summed E-state index contributed by atoms with van der Waals surface area (Å²) in [5, 5.41) is 12.1. The molecule has 5 nitrogen and oxygen atoms in total. The number of rotatable bonds is 5. The highest BCUT2D eigenvalue weighted by Crippen LogP contribution is 2.41. The molecular formula is C53H33N5. The zero-order chi connectivity index (χ0) is 38.2. The van der Waals surface area contributed by atoms with E-state index in [2.05, 4.69) is 180 Å². The van der Waals surface area contributed by atoms with E-state index in [4.69, 9.17) is 15.1 Å². The molecule has 12 aromatic rings. The normalized spacial score (nSPS) is 11.8. The molecule has 0 N–H and O–H groups in total. The average Bonchev–Trinajstić information content (AvgIpc) is 3.89. The second-order valence-electron chi connectivity index (χ2n) is 14.9. The molecule has 0 saturated carbocycles. The van der Waals surface area contributed by atoms with Gasteiger partial charge in [-0.25, -0.2) is 14.5 Å². The number of benzene rings is 8. The molecule has 0 bridgehead atoms. The third-order valence-corrected chi connectivity index (χ3v) is 11.5. The summed E-state index contributed by atoms with van der Waals surface area (Å²) >= 11 is 0. The lowest BCUT2D eigenvalue weighted by molar-refractivity contribution is 0.949. The summed E-state index contributed by atoms with van der Waals surface area (Å²) in [6.07, 6.45) is 0. The molecule has 12 rings (SSSR count). The first-order valence-electron chi connectivity index (χ1n) is 19.6. The van der Waals surface area contributed by atoms with Gasteiger partial charge in [-0.1, -0.05) is 146 Å². The summed E-state index contributed by atoms with van der Waals surface area (Å²) in [4.78, 5) is 10.5. The van der Waals surface area contributed by atoms with Crippen LogP contribution >= 0.6 is 0 Å². The SMILES string of the molecule is c1ccc(-c2cc3c4ccccc4nc(-c4ccc(-c5cccc(-c6nc7ccccc7c7cc8c9ccccc9n(-c9ccccc9)c8cc67)c5)cc4)n3n2)cc1.